The number of rotatable bonds is 3. The van der Waals surface area contributed by atoms with Crippen molar-refractivity contribution in [3.8, 4) is 10.6 Å². The molecule has 0 aliphatic rings. The van der Waals surface area contributed by atoms with Gasteiger partial charge < -0.3 is 5.32 Å². The van der Waals surface area contributed by atoms with E-state index in [1.165, 1.54) is 11.3 Å². The van der Waals surface area contributed by atoms with Crippen LogP contribution in [0.15, 0.2) is 48.5 Å². The van der Waals surface area contributed by atoms with Gasteiger partial charge in [-0.3, -0.25) is 15.6 Å². The molecule has 7 heteroatoms. The van der Waals surface area contributed by atoms with Crippen molar-refractivity contribution >= 4 is 40.3 Å². The average Bonchev–Trinajstić information content (AvgIpc) is 3.01. The molecule has 3 rings (SSSR count). The van der Waals surface area contributed by atoms with Crippen LogP contribution >= 0.6 is 23.6 Å². The SMILES string of the molecule is Cc1cc(C)cc(NC(=S)NNC(=O)c2sc(-c3ccccc3)nc2C)c1. The van der Waals surface area contributed by atoms with Gasteiger partial charge in [-0.25, -0.2) is 4.98 Å². The summed E-state index contributed by atoms with van der Waals surface area (Å²) in [5.74, 6) is -0.267. The lowest BCUT2D eigenvalue weighted by atomic mass is 10.1. The maximum atomic E-state index is 12.5. The van der Waals surface area contributed by atoms with E-state index in [9.17, 15) is 4.79 Å². The maximum Gasteiger partial charge on any atom is 0.281 e. The highest BCUT2D eigenvalue weighted by molar-refractivity contribution is 7.80. The van der Waals surface area contributed by atoms with E-state index in [1.807, 2.05) is 63.2 Å². The molecule has 5 nitrogen and oxygen atoms in total. The molecule has 0 radical (unpaired) electrons. The Labute approximate surface area is 167 Å². The first kappa shape index (κ1) is 19.0. The number of anilines is 1. The largest absolute Gasteiger partial charge is 0.331 e. The van der Waals surface area contributed by atoms with Crippen LogP contribution in [0, 0.1) is 20.8 Å². The fourth-order valence-electron chi connectivity index (χ4n) is 2.69. The molecule has 3 N–H and O–H groups in total. The summed E-state index contributed by atoms with van der Waals surface area (Å²) in [4.78, 5) is 17.5. The Morgan fingerprint density at radius 2 is 1.67 bits per heavy atom. The molecule has 0 spiro atoms. The predicted molar refractivity (Wildman–Crippen MR) is 115 cm³/mol. The number of carbonyl (C=O) groups is 1. The third kappa shape index (κ3) is 4.90. The third-order valence-electron chi connectivity index (χ3n) is 3.79. The summed E-state index contributed by atoms with van der Waals surface area (Å²) in [6.45, 7) is 5.87. The van der Waals surface area contributed by atoms with E-state index in [2.05, 4.69) is 27.2 Å². The van der Waals surface area contributed by atoms with Crippen molar-refractivity contribution in [3.05, 3.63) is 70.2 Å². The second kappa shape index (κ2) is 8.28. The lowest BCUT2D eigenvalue weighted by Crippen LogP contribution is -2.43. The van der Waals surface area contributed by atoms with Crippen LogP contribution in [-0.2, 0) is 0 Å². The van der Waals surface area contributed by atoms with Crippen molar-refractivity contribution in [2.75, 3.05) is 5.32 Å². The lowest BCUT2D eigenvalue weighted by molar-refractivity contribution is 0.0947. The van der Waals surface area contributed by atoms with Gasteiger partial charge in [0, 0.05) is 11.3 Å². The van der Waals surface area contributed by atoms with Gasteiger partial charge in [0.05, 0.1) is 5.69 Å². The van der Waals surface area contributed by atoms with Crippen molar-refractivity contribution in [2.24, 2.45) is 0 Å². The molecule has 1 aromatic heterocycles. The van der Waals surface area contributed by atoms with E-state index in [-0.39, 0.29) is 5.91 Å². The first-order valence-electron chi connectivity index (χ1n) is 8.41. The minimum Gasteiger partial charge on any atom is -0.331 e. The van der Waals surface area contributed by atoms with Gasteiger partial charge in [-0.2, -0.15) is 0 Å². The molecule has 0 aliphatic carbocycles. The Hall–Kier alpha value is -2.77. The highest BCUT2D eigenvalue weighted by Gasteiger charge is 2.16. The number of hydrogen-bond acceptors (Lipinski definition) is 4. The standard InChI is InChI=1S/C20H20N4OS2/c1-12-9-13(2)11-16(10-12)22-20(26)24-23-18(25)17-14(3)21-19(27-17)15-7-5-4-6-8-15/h4-11H,1-3H3,(H,23,25)(H2,22,24,26). The second-order valence-corrected chi connectivity index (χ2v) is 7.62. The minimum absolute atomic E-state index is 0.267. The zero-order chi connectivity index (χ0) is 19.4. The summed E-state index contributed by atoms with van der Waals surface area (Å²) < 4.78 is 0. The number of benzene rings is 2. The minimum atomic E-state index is -0.267. The van der Waals surface area contributed by atoms with Crippen molar-refractivity contribution in [3.63, 3.8) is 0 Å². The van der Waals surface area contributed by atoms with Crippen LogP contribution in [0.2, 0.25) is 0 Å². The molecule has 27 heavy (non-hydrogen) atoms. The van der Waals surface area contributed by atoms with Gasteiger partial charge in [-0.05, 0) is 56.2 Å². The summed E-state index contributed by atoms with van der Waals surface area (Å²) in [6.07, 6.45) is 0. The number of hydrogen-bond donors (Lipinski definition) is 3. The van der Waals surface area contributed by atoms with Crippen LogP contribution in [0.3, 0.4) is 0 Å². The van der Waals surface area contributed by atoms with Gasteiger partial charge in [0.15, 0.2) is 5.11 Å². The molecule has 0 bridgehead atoms. The lowest BCUT2D eigenvalue weighted by Gasteiger charge is -2.12. The molecule has 0 saturated carbocycles. The summed E-state index contributed by atoms with van der Waals surface area (Å²) in [7, 11) is 0. The average molecular weight is 397 g/mol. The van der Waals surface area contributed by atoms with Crippen LogP contribution in [0.4, 0.5) is 5.69 Å². The number of hydrazine groups is 1. The quantitative estimate of drug-likeness (QED) is 0.453. The summed E-state index contributed by atoms with van der Waals surface area (Å²) >= 11 is 6.61. The number of nitrogens with zero attached hydrogens (tertiary/aromatic N) is 1. The van der Waals surface area contributed by atoms with E-state index in [4.69, 9.17) is 12.2 Å². The fraction of sp³-hybridized carbons (Fsp3) is 0.150. The molecule has 138 valence electrons. The number of aryl methyl sites for hydroxylation is 3. The molecule has 0 unspecified atom stereocenters. The molecule has 1 heterocycles. The van der Waals surface area contributed by atoms with E-state index in [0.717, 1.165) is 27.4 Å². The summed E-state index contributed by atoms with van der Waals surface area (Å²) in [5, 5.41) is 4.20. The van der Waals surface area contributed by atoms with E-state index < -0.39 is 0 Å². The van der Waals surface area contributed by atoms with Crippen molar-refractivity contribution in [1.82, 2.24) is 15.8 Å². The smallest absolute Gasteiger partial charge is 0.281 e. The normalized spacial score (nSPS) is 10.3. The number of nitrogens with one attached hydrogen (secondary N) is 3. The molecule has 0 aliphatic heterocycles. The van der Waals surface area contributed by atoms with Crippen LogP contribution in [0.5, 0.6) is 0 Å². The van der Waals surface area contributed by atoms with Crippen LogP contribution in [-0.4, -0.2) is 16.0 Å². The Bertz CT molecular complexity index is 963. The fourth-order valence-corrected chi connectivity index (χ4v) is 3.83. The Balaban J connectivity index is 1.62. The molecule has 1 amide bonds. The zero-order valence-corrected chi connectivity index (χ0v) is 16.9. The summed E-state index contributed by atoms with van der Waals surface area (Å²) in [6, 6.07) is 15.9. The van der Waals surface area contributed by atoms with E-state index in [0.29, 0.717) is 15.7 Å². The number of aromatic nitrogens is 1. The van der Waals surface area contributed by atoms with Crippen molar-refractivity contribution < 1.29 is 4.79 Å². The molecule has 0 saturated heterocycles. The first-order chi connectivity index (χ1) is 12.9. The topological polar surface area (TPSA) is 66.0 Å². The molecule has 0 fully saturated rings. The number of carbonyl (C=O) groups excluding carboxylic acids is 1. The van der Waals surface area contributed by atoms with Crippen LogP contribution in [0.1, 0.15) is 26.5 Å². The molecule has 3 aromatic rings. The number of amides is 1. The van der Waals surface area contributed by atoms with Gasteiger partial charge in [-0.1, -0.05) is 36.4 Å². The van der Waals surface area contributed by atoms with Gasteiger partial charge in [0.2, 0.25) is 0 Å². The van der Waals surface area contributed by atoms with Gasteiger partial charge in [0.25, 0.3) is 5.91 Å². The van der Waals surface area contributed by atoms with Gasteiger partial charge in [0.1, 0.15) is 9.88 Å². The van der Waals surface area contributed by atoms with Crippen LogP contribution < -0.4 is 16.2 Å². The Morgan fingerprint density at radius 3 is 2.33 bits per heavy atom. The molecule has 2 aromatic carbocycles. The first-order valence-corrected chi connectivity index (χ1v) is 9.63. The molecular weight excluding hydrogens is 376 g/mol. The highest BCUT2D eigenvalue weighted by Crippen LogP contribution is 2.27. The predicted octanol–water partition coefficient (Wildman–Crippen LogP) is 4.37. The number of thiazole rings is 1. The monoisotopic (exact) mass is 396 g/mol. The summed E-state index contributed by atoms with van der Waals surface area (Å²) in [5.41, 5.74) is 10.2. The van der Waals surface area contributed by atoms with E-state index in [1.54, 1.807) is 0 Å². The third-order valence-corrected chi connectivity index (χ3v) is 5.20. The van der Waals surface area contributed by atoms with Crippen LogP contribution in [0.25, 0.3) is 10.6 Å². The second-order valence-electron chi connectivity index (χ2n) is 6.21. The van der Waals surface area contributed by atoms with Crippen molar-refractivity contribution in [1.29, 1.82) is 0 Å². The molecule has 0 atom stereocenters. The molecular formula is C20H20N4OS2. The van der Waals surface area contributed by atoms with Gasteiger partial charge >= 0.3 is 0 Å². The Morgan fingerprint density at radius 1 is 1.00 bits per heavy atom. The van der Waals surface area contributed by atoms with Gasteiger partial charge in [-0.15, -0.1) is 11.3 Å². The highest BCUT2D eigenvalue weighted by atomic mass is 32.1. The Kier molecular flexibility index (Phi) is 5.83. The number of thiocarbonyl (C=S) groups is 1. The zero-order valence-electron chi connectivity index (χ0n) is 15.3. The van der Waals surface area contributed by atoms with E-state index >= 15 is 0 Å². The maximum absolute atomic E-state index is 12.5. The van der Waals surface area contributed by atoms with Crippen molar-refractivity contribution in [2.45, 2.75) is 20.8 Å².